The Hall–Kier alpha value is -2.50. The minimum Gasteiger partial charge on any atom is -0.409 e. The van der Waals surface area contributed by atoms with E-state index in [1.807, 2.05) is 35.3 Å². The Morgan fingerprint density at radius 1 is 1.38 bits per heavy atom. The Morgan fingerprint density at radius 2 is 2.14 bits per heavy atom. The van der Waals surface area contributed by atoms with Gasteiger partial charge in [-0.05, 0) is 19.1 Å². The summed E-state index contributed by atoms with van der Waals surface area (Å²) in [4.78, 5) is 2.19. The highest BCUT2D eigenvalue weighted by molar-refractivity contribution is 5.80. The van der Waals surface area contributed by atoms with Crippen LogP contribution in [0.15, 0.2) is 47.9 Å². The molecule has 6 heteroatoms. The van der Waals surface area contributed by atoms with Gasteiger partial charge in [0.25, 0.3) is 0 Å². The van der Waals surface area contributed by atoms with Crippen LogP contribution in [0.5, 0.6) is 0 Å². The number of amidine groups is 1. The number of hydrogen-bond acceptors (Lipinski definition) is 4. The van der Waals surface area contributed by atoms with E-state index in [-0.39, 0.29) is 5.84 Å². The molecule has 0 saturated carbocycles. The molecule has 0 aliphatic rings. The van der Waals surface area contributed by atoms with E-state index in [1.54, 1.807) is 0 Å². The predicted molar refractivity (Wildman–Crippen MR) is 83.4 cm³/mol. The fourth-order valence-corrected chi connectivity index (χ4v) is 2.12. The van der Waals surface area contributed by atoms with Crippen LogP contribution in [-0.2, 0) is 13.1 Å². The topological polar surface area (TPSA) is 79.7 Å². The highest BCUT2D eigenvalue weighted by Gasteiger charge is 2.09. The molecule has 0 spiro atoms. The van der Waals surface area contributed by atoms with Gasteiger partial charge in [-0.2, -0.15) is 5.10 Å². The van der Waals surface area contributed by atoms with Gasteiger partial charge in [0.1, 0.15) is 5.84 Å². The number of aryl methyl sites for hydroxylation is 1. The van der Waals surface area contributed by atoms with Crippen molar-refractivity contribution in [3.63, 3.8) is 0 Å². The molecule has 21 heavy (non-hydrogen) atoms. The number of aromatic nitrogens is 2. The summed E-state index contributed by atoms with van der Waals surface area (Å²) < 4.78 is 1.90. The summed E-state index contributed by atoms with van der Waals surface area (Å²) in [5.74, 6) is 0.236. The van der Waals surface area contributed by atoms with Gasteiger partial charge in [-0.25, -0.2) is 0 Å². The van der Waals surface area contributed by atoms with Gasteiger partial charge >= 0.3 is 0 Å². The molecule has 6 nitrogen and oxygen atoms in total. The molecule has 0 amide bonds. The Labute approximate surface area is 124 Å². The molecule has 0 bridgehead atoms. The summed E-state index contributed by atoms with van der Waals surface area (Å²) in [6.07, 6.45) is 4.43. The molecule has 2 aromatic rings. The van der Waals surface area contributed by atoms with E-state index >= 15 is 0 Å². The summed E-state index contributed by atoms with van der Waals surface area (Å²) in [6.45, 7) is 4.33. The average molecular weight is 287 g/mol. The van der Waals surface area contributed by atoms with E-state index in [9.17, 15) is 0 Å². The molecule has 0 fully saturated rings. The van der Waals surface area contributed by atoms with Crippen molar-refractivity contribution in [3.05, 3.63) is 48.3 Å². The SMILES string of the molecule is CCn1cc(CN(CCC(N)=NO)c2ccccc2)cn1. The summed E-state index contributed by atoms with van der Waals surface area (Å²) >= 11 is 0. The molecule has 2 rings (SSSR count). The first-order valence-corrected chi connectivity index (χ1v) is 7.00. The van der Waals surface area contributed by atoms with Crippen molar-refractivity contribution in [1.82, 2.24) is 9.78 Å². The molecule has 112 valence electrons. The minimum absolute atomic E-state index is 0.236. The molecule has 1 aromatic heterocycles. The fraction of sp³-hybridized carbons (Fsp3) is 0.333. The highest BCUT2D eigenvalue weighted by atomic mass is 16.4. The summed E-state index contributed by atoms with van der Waals surface area (Å²) in [6, 6.07) is 10.1. The molecule has 0 unspecified atom stereocenters. The number of hydrogen-bond donors (Lipinski definition) is 2. The van der Waals surface area contributed by atoms with Crippen molar-refractivity contribution >= 4 is 11.5 Å². The van der Waals surface area contributed by atoms with E-state index in [0.29, 0.717) is 13.0 Å². The van der Waals surface area contributed by atoms with Gasteiger partial charge < -0.3 is 15.8 Å². The summed E-state index contributed by atoms with van der Waals surface area (Å²) in [7, 11) is 0. The van der Waals surface area contributed by atoms with E-state index in [0.717, 1.165) is 24.3 Å². The number of oxime groups is 1. The molecule has 0 saturated heterocycles. The van der Waals surface area contributed by atoms with Gasteiger partial charge in [-0.15, -0.1) is 0 Å². The lowest BCUT2D eigenvalue weighted by Crippen LogP contribution is -2.27. The fourth-order valence-electron chi connectivity index (χ4n) is 2.12. The second-order valence-electron chi connectivity index (χ2n) is 4.80. The maximum atomic E-state index is 8.67. The third kappa shape index (κ3) is 4.24. The van der Waals surface area contributed by atoms with E-state index in [1.165, 1.54) is 0 Å². The maximum Gasteiger partial charge on any atom is 0.140 e. The standard InChI is InChI=1S/C15H21N5O/c1-2-20-12-13(10-17-20)11-19(9-8-15(16)18-21)14-6-4-3-5-7-14/h3-7,10,12,21H,2,8-9,11H2,1H3,(H2,16,18). The van der Waals surface area contributed by atoms with Gasteiger partial charge in [-0.3, -0.25) is 4.68 Å². The number of rotatable bonds is 7. The van der Waals surface area contributed by atoms with Crippen LogP contribution in [0.3, 0.4) is 0 Å². The Bertz CT molecular complexity index is 579. The lowest BCUT2D eigenvalue weighted by Gasteiger charge is -2.24. The highest BCUT2D eigenvalue weighted by Crippen LogP contribution is 2.17. The van der Waals surface area contributed by atoms with Crippen molar-refractivity contribution in [2.75, 3.05) is 11.4 Å². The number of anilines is 1. The van der Waals surface area contributed by atoms with Crippen LogP contribution in [0.1, 0.15) is 18.9 Å². The molecule has 0 aliphatic heterocycles. The molecule has 1 aromatic carbocycles. The summed E-state index contributed by atoms with van der Waals surface area (Å²) in [5.41, 5.74) is 7.82. The summed E-state index contributed by atoms with van der Waals surface area (Å²) in [5, 5.41) is 16.0. The lowest BCUT2D eigenvalue weighted by atomic mass is 10.2. The first-order valence-electron chi connectivity index (χ1n) is 7.00. The quantitative estimate of drug-likeness (QED) is 0.353. The minimum atomic E-state index is 0.236. The molecule has 3 N–H and O–H groups in total. The van der Waals surface area contributed by atoms with Gasteiger partial charge in [0, 0.05) is 43.5 Å². The van der Waals surface area contributed by atoms with Crippen molar-refractivity contribution in [2.45, 2.75) is 26.4 Å². The zero-order valence-corrected chi connectivity index (χ0v) is 12.2. The first kappa shape index (κ1) is 14.9. The first-order chi connectivity index (χ1) is 10.2. The van der Waals surface area contributed by atoms with Crippen molar-refractivity contribution in [3.8, 4) is 0 Å². The number of nitrogens with zero attached hydrogens (tertiary/aromatic N) is 4. The zero-order chi connectivity index (χ0) is 15.1. The van der Waals surface area contributed by atoms with Gasteiger partial charge in [0.05, 0.1) is 6.20 Å². The van der Waals surface area contributed by atoms with Crippen LogP contribution in [-0.4, -0.2) is 27.4 Å². The van der Waals surface area contributed by atoms with Gasteiger partial charge in [-0.1, -0.05) is 23.4 Å². The lowest BCUT2D eigenvalue weighted by molar-refractivity contribution is 0.317. The van der Waals surface area contributed by atoms with Crippen LogP contribution in [0.2, 0.25) is 0 Å². The second-order valence-corrected chi connectivity index (χ2v) is 4.80. The average Bonchev–Trinajstić information content (AvgIpc) is 2.99. The molecular formula is C15H21N5O. The van der Waals surface area contributed by atoms with E-state index < -0.39 is 0 Å². The molecule has 0 atom stereocenters. The Kier molecular flexibility index (Phi) is 5.20. The smallest absolute Gasteiger partial charge is 0.140 e. The van der Waals surface area contributed by atoms with Crippen LogP contribution in [0.25, 0.3) is 0 Å². The van der Waals surface area contributed by atoms with Crippen molar-refractivity contribution < 1.29 is 5.21 Å². The maximum absolute atomic E-state index is 8.67. The molecular weight excluding hydrogens is 266 g/mol. The van der Waals surface area contributed by atoms with Crippen LogP contribution < -0.4 is 10.6 Å². The van der Waals surface area contributed by atoms with E-state index in [4.69, 9.17) is 10.9 Å². The number of nitrogens with two attached hydrogens (primary N) is 1. The molecule has 1 heterocycles. The van der Waals surface area contributed by atoms with Crippen LogP contribution in [0.4, 0.5) is 5.69 Å². The van der Waals surface area contributed by atoms with Crippen molar-refractivity contribution in [2.24, 2.45) is 10.9 Å². The molecule has 0 aliphatic carbocycles. The van der Waals surface area contributed by atoms with Crippen molar-refractivity contribution in [1.29, 1.82) is 0 Å². The van der Waals surface area contributed by atoms with Crippen LogP contribution in [0, 0.1) is 0 Å². The largest absolute Gasteiger partial charge is 0.409 e. The number of para-hydroxylation sites is 1. The Balaban J connectivity index is 2.11. The normalized spacial score (nSPS) is 11.6. The second kappa shape index (κ2) is 7.33. The predicted octanol–water partition coefficient (Wildman–Crippen LogP) is 2.05. The van der Waals surface area contributed by atoms with Gasteiger partial charge in [0.15, 0.2) is 0 Å². The third-order valence-corrected chi connectivity index (χ3v) is 3.27. The van der Waals surface area contributed by atoms with E-state index in [2.05, 4.69) is 34.2 Å². The zero-order valence-electron chi connectivity index (χ0n) is 12.2. The monoisotopic (exact) mass is 287 g/mol. The third-order valence-electron chi connectivity index (χ3n) is 3.27. The van der Waals surface area contributed by atoms with Gasteiger partial charge in [0.2, 0.25) is 0 Å². The molecule has 0 radical (unpaired) electrons. The Morgan fingerprint density at radius 3 is 2.76 bits per heavy atom. The van der Waals surface area contributed by atoms with Crippen LogP contribution >= 0.6 is 0 Å². The number of benzene rings is 1.